The van der Waals surface area contributed by atoms with Crippen LogP contribution in [0.3, 0.4) is 0 Å². The maximum atomic E-state index is 12.3. The molecule has 0 radical (unpaired) electrons. The summed E-state index contributed by atoms with van der Waals surface area (Å²) in [6.45, 7) is 8.21. The first kappa shape index (κ1) is 21.3. The van der Waals surface area contributed by atoms with Gasteiger partial charge in [-0.2, -0.15) is 0 Å². The third kappa shape index (κ3) is 5.05. The Bertz CT molecular complexity index is 1180. The second kappa shape index (κ2) is 9.49. The zero-order valence-electron chi connectivity index (χ0n) is 17.6. The van der Waals surface area contributed by atoms with E-state index >= 15 is 0 Å². The van der Waals surface area contributed by atoms with Gasteiger partial charge in [0.15, 0.2) is 5.13 Å². The number of amides is 1. The van der Waals surface area contributed by atoms with Gasteiger partial charge < -0.3 is 14.6 Å². The summed E-state index contributed by atoms with van der Waals surface area (Å²) >= 11 is 2.67. The van der Waals surface area contributed by atoms with Crippen molar-refractivity contribution in [2.24, 2.45) is 0 Å². The lowest BCUT2D eigenvalue weighted by molar-refractivity contribution is -0.113. The molecule has 0 aliphatic carbocycles. The Morgan fingerprint density at radius 1 is 1.13 bits per heavy atom. The standard InChI is InChI=1S/C22H23N5O2S2/c1-4-27(5-2)16-9-7-15(8-10-16)20-25-26-22(29-20)30-13-19(28)24-21-23-17-11-6-14(3)12-18(17)31-21/h6-12H,4-5,13H2,1-3H3,(H,23,24,28). The van der Waals surface area contributed by atoms with Crippen LogP contribution in [-0.4, -0.2) is 39.9 Å². The lowest BCUT2D eigenvalue weighted by atomic mass is 10.2. The van der Waals surface area contributed by atoms with Crippen LogP contribution < -0.4 is 10.2 Å². The van der Waals surface area contributed by atoms with E-state index in [-0.39, 0.29) is 11.7 Å². The Labute approximate surface area is 188 Å². The molecule has 9 heteroatoms. The summed E-state index contributed by atoms with van der Waals surface area (Å²) in [5, 5.41) is 11.9. The summed E-state index contributed by atoms with van der Waals surface area (Å²) in [6, 6.07) is 14.1. The molecule has 2 heterocycles. The fraction of sp³-hybridized carbons (Fsp3) is 0.273. The van der Waals surface area contributed by atoms with E-state index in [9.17, 15) is 4.79 Å². The van der Waals surface area contributed by atoms with Crippen LogP contribution in [0.15, 0.2) is 52.1 Å². The minimum absolute atomic E-state index is 0.163. The van der Waals surface area contributed by atoms with Crippen molar-refractivity contribution in [2.45, 2.75) is 26.0 Å². The van der Waals surface area contributed by atoms with Crippen molar-refractivity contribution in [1.29, 1.82) is 0 Å². The van der Waals surface area contributed by atoms with E-state index in [1.165, 1.54) is 28.7 Å². The van der Waals surface area contributed by atoms with Crippen molar-refractivity contribution in [3.8, 4) is 11.5 Å². The third-order valence-electron chi connectivity index (χ3n) is 4.77. The van der Waals surface area contributed by atoms with E-state index in [4.69, 9.17) is 4.42 Å². The minimum Gasteiger partial charge on any atom is -0.411 e. The zero-order valence-corrected chi connectivity index (χ0v) is 19.2. The first-order chi connectivity index (χ1) is 15.1. The number of anilines is 2. The average molecular weight is 454 g/mol. The number of carbonyl (C=O) groups excluding carboxylic acids is 1. The van der Waals surface area contributed by atoms with E-state index in [1.807, 2.05) is 43.3 Å². The highest BCUT2D eigenvalue weighted by Crippen LogP contribution is 2.28. The predicted octanol–water partition coefficient (Wildman–Crippen LogP) is 5.23. The van der Waals surface area contributed by atoms with Gasteiger partial charge in [0, 0.05) is 24.3 Å². The number of benzene rings is 2. The second-order valence-electron chi connectivity index (χ2n) is 6.92. The molecule has 4 aromatic rings. The quantitative estimate of drug-likeness (QED) is 0.366. The lowest BCUT2D eigenvalue weighted by Crippen LogP contribution is -2.21. The predicted molar refractivity (Wildman–Crippen MR) is 127 cm³/mol. The van der Waals surface area contributed by atoms with Crippen molar-refractivity contribution in [1.82, 2.24) is 15.2 Å². The molecule has 0 spiro atoms. The van der Waals surface area contributed by atoms with Gasteiger partial charge >= 0.3 is 0 Å². The maximum Gasteiger partial charge on any atom is 0.277 e. The summed E-state index contributed by atoms with van der Waals surface area (Å²) in [5.74, 6) is 0.442. The molecule has 1 N–H and O–H groups in total. The summed E-state index contributed by atoms with van der Waals surface area (Å²) < 4.78 is 6.77. The largest absolute Gasteiger partial charge is 0.411 e. The number of nitrogens with one attached hydrogen (secondary N) is 1. The first-order valence-corrected chi connectivity index (χ1v) is 11.8. The van der Waals surface area contributed by atoms with Gasteiger partial charge in [-0.05, 0) is 62.7 Å². The molecule has 0 bridgehead atoms. The highest BCUT2D eigenvalue weighted by molar-refractivity contribution is 7.99. The number of nitrogens with zero attached hydrogens (tertiary/aromatic N) is 4. The van der Waals surface area contributed by atoms with Crippen molar-refractivity contribution in [3.05, 3.63) is 48.0 Å². The molecule has 2 aromatic heterocycles. The highest BCUT2D eigenvalue weighted by atomic mass is 32.2. The fourth-order valence-corrected chi connectivity index (χ4v) is 4.70. The van der Waals surface area contributed by atoms with Crippen LogP contribution in [0.25, 0.3) is 21.7 Å². The maximum absolute atomic E-state index is 12.3. The molecule has 0 atom stereocenters. The van der Waals surface area contributed by atoms with Gasteiger partial charge in [-0.1, -0.05) is 29.2 Å². The topological polar surface area (TPSA) is 84.2 Å². The normalized spacial score (nSPS) is 11.1. The van der Waals surface area contributed by atoms with E-state index in [1.54, 1.807) is 0 Å². The van der Waals surface area contributed by atoms with Gasteiger partial charge in [0.1, 0.15) is 0 Å². The monoisotopic (exact) mass is 453 g/mol. The molecular formula is C22H23N5O2S2. The van der Waals surface area contributed by atoms with Gasteiger partial charge in [0.05, 0.1) is 16.0 Å². The molecule has 4 rings (SSSR count). The molecule has 2 aromatic carbocycles. The summed E-state index contributed by atoms with van der Waals surface area (Å²) in [5.41, 5.74) is 4.06. The average Bonchev–Trinajstić information content (AvgIpc) is 3.40. The number of thiazole rings is 1. The Morgan fingerprint density at radius 2 is 1.90 bits per heavy atom. The van der Waals surface area contributed by atoms with Crippen LogP contribution in [0.4, 0.5) is 10.8 Å². The number of carbonyl (C=O) groups is 1. The van der Waals surface area contributed by atoms with Gasteiger partial charge in [0.25, 0.3) is 5.22 Å². The van der Waals surface area contributed by atoms with Gasteiger partial charge in [-0.15, -0.1) is 10.2 Å². The number of aryl methyl sites for hydroxylation is 1. The summed E-state index contributed by atoms with van der Waals surface area (Å²) in [6.07, 6.45) is 0. The number of hydrogen-bond acceptors (Lipinski definition) is 8. The second-order valence-corrected chi connectivity index (χ2v) is 8.88. The Kier molecular flexibility index (Phi) is 6.53. The lowest BCUT2D eigenvalue weighted by Gasteiger charge is -2.20. The molecule has 1 amide bonds. The smallest absolute Gasteiger partial charge is 0.277 e. The van der Waals surface area contributed by atoms with Crippen LogP contribution >= 0.6 is 23.1 Å². The van der Waals surface area contributed by atoms with Crippen molar-refractivity contribution >= 4 is 50.0 Å². The first-order valence-electron chi connectivity index (χ1n) is 10.0. The molecule has 0 aliphatic heterocycles. The zero-order chi connectivity index (χ0) is 21.8. The van der Waals surface area contributed by atoms with Crippen molar-refractivity contribution < 1.29 is 9.21 Å². The molecule has 0 unspecified atom stereocenters. The molecule has 160 valence electrons. The molecule has 0 aliphatic rings. The Morgan fingerprint density at radius 3 is 2.65 bits per heavy atom. The Hall–Kier alpha value is -2.91. The van der Waals surface area contributed by atoms with Gasteiger partial charge in [-0.25, -0.2) is 4.98 Å². The minimum atomic E-state index is -0.163. The molecular weight excluding hydrogens is 430 g/mol. The number of thioether (sulfide) groups is 1. The molecule has 0 fully saturated rings. The Balaban J connectivity index is 1.34. The van der Waals surface area contributed by atoms with Crippen LogP contribution in [-0.2, 0) is 4.79 Å². The van der Waals surface area contributed by atoms with Crippen LogP contribution in [0.1, 0.15) is 19.4 Å². The van der Waals surface area contributed by atoms with Crippen LogP contribution in [0.5, 0.6) is 0 Å². The van der Waals surface area contributed by atoms with Gasteiger partial charge in [0.2, 0.25) is 11.8 Å². The van der Waals surface area contributed by atoms with E-state index < -0.39 is 0 Å². The van der Waals surface area contributed by atoms with Crippen molar-refractivity contribution in [3.63, 3.8) is 0 Å². The van der Waals surface area contributed by atoms with Crippen LogP contribution in [0, 0.1) is 6.92 Å². The molecule has 31 heavy (non-hydrogen) atoms. The number of hydrogen-bond donors (Lipinski definition) is 1. The van der Waals surface area contributed by atoms with Gasteiger partial charge in [-0.3, -0.25) is 4.79 Å². The number of aromatic nitrogens is 3. The summed E-state index contributed by atoms with van der Waals surface area (Å²) in [7, 11) is 0. The highest BCUT2D eigenvalue weighted by Gasteiger charge is 2.13. The summed E-state index contributed by atoms with van der Waals surface area (Å²) in [4.78, 5) is 19.0. The van der Waals surface area contributed by atoms with Crippen LogP contribution in [0.2, 0.25) is 0 Å². The molecule has 7 nitrogen and oxygen atoms in total. The fourth-order valence-electron chi connectivity index (χ4n) is 3.16. The third-order valence-corrected chi connectivity index (χ3v) is 6.52. The number of fused-ring (bicyclic) bond motifs is 1. The molecule has 0 saturated heterocycles. The number of rotatable bonds is 8. The SMILES string of the molecule is CCN(CC)c1ccc(-c2nnc(SCC(=O)Nc3nc4ccc(C)cc4s3)o2)cc1. The molecule has 0 saturated carbocycles. The van der Waals surface area contributed by atoms with E-state index in [0.29, 0.717) is 16.2 Å². The van der Waals surface area contributed by atoms with Crippen molar-refractivity contribution in [2.75, 3.05) is 29.1 Å². The van der Waals surface area contributed by atoms with E-state index in [2.05, 4.69) is 45.3 Å². The van der Waals surface area contributed by atoms with E-state index in [0.717, 1.165) is 34.6 Å².